The van der Waals surface area contributed by atoms with Crippen LogP contribution < -0.4 is 20.3 Å². The topological polar surface area (TPSA) is 122 Å². The minimum Gasteiger partial charge on any atom is -0.497 e. The average Bonchev–Trinajstić information content (AvgIpc) is 2.77. The van der Waals surface area contributed by atoms with Gasteiger partial charge in [0.2, 0.25) is 0 Å². The van der Waals surface area contributed by atoms with Gasteiger partial charge in [-0.15, -0.1) is 5.10 Å². The van der Waals surface area contributed by atoms with Crippen LogP contribution in [-0.4, -0.2) is 47.7 Å². The Bertz CT molecular complexity index is 1130. The average molecular weight is 412 g/mol. The Balaban J connectivity index is 1.52. The molecule has 3 aromatic rings. The van der Waals surface area contributed by atoms with E-state index < -0.39 is 18.5 Å². The lowest BCUT2D eigenvalue weighted by Crippen LogP contribution is -2.26. The minimum absolute atomic E-state index is 0.0105. The number of rotatable bonds is 8. The highest BCUT2D eigenvalue weighted by Gasteiger charge is 2.13. The number of aryl methyl sites for hydroxylation is 1. The van der Waals surface area contributed by atoms with Gasteiger partial charge in [-0.3, -0.25) is 14.4 Å². The van der Waals surface area contributed by atoms with E-state index in [0.29, 0.717) is 28.1 Å². The smallest absolute Gasteiger partial charge is 0.308 e. The molecule has 0 bridgehead atoms. The van der Waals surface area contributed by atoms with Crippen molar-refractivity contribution < 1.29 is 23.8 Å². The number of benzene rings is 2. The van der Waals surface area contributed by atoms with Gasteiger partial charge in [0.1, 0.15) is 17.0 Å². The summed E-state index contributed by atoms with van der Waals surface area (Å²) < 4.78 is 16.3. The Kier molecular flexibility index (Phi) is 6.58. The van der Waals surface area contributed by atoms with Crippen LogP contribution in [0.3, 0.4) is 0 Å². The van der Waals surface area contributed by atoms with E-state index in [4.69, 9.17) is 14.2 Å². The summed E-state index contributed by atoms with van der Waals surface area (Å²) in [5.74, 6) is -0.199. The number of ether oxygens (including phenoxy) is 3. The molecule has 0 fully saturated rings. The SMILES string of the molecule is COc1ccc(NC(=O)COC(=O)CCn2nnc3ccccc3c2=O)c(OC)c1. The van der Waals surface area contributed by atoms with E-state index in [1.54, 1.807) is 42.5 Å². The van der Waals surface area contributed by atoms with Crippen molar-refractivity contribution in [1.82, 2.24) is 15.0 Å². The summed E-state index contributed by atoms with van der Waals surface area (Å²) in [6.07, 6.45) is -0.133. The second-order valence-corrected chi connectivity index (χ2v) is 6.16. The highest BCUT2D eigenvalue weighted by molar-refractivity contribution is 5.94. The van der Waals surface area contributed by atoms with E-state index in [1.165, 1.54) is 14.2 Å². The maximum absolute atomic E-state index is 12.3. The van der Waals surface area contributed by atoms with Crippen molar-refractivity contribution in [1.29, 1.82) is 0 Å². The van der Waals surface area contributed by atoms with E-state index in [-0.39, 0.29) is 18.5 Å². The summed E-state index contributed by atoms with van der Waals surface area (Å²) >= 11 is 0. The molecule has 0 saturated heterocycles. The number of aromatic nitrogens is 3. The number of esters is 1. The van der Waals surface area contributed by atoms with E-state index in [1.807, 2.05) is 0 Å². The zero-order valence-corrected chi connectivity index (χ0v) is 16.5. The Morgan fingerprint density at radius 2 is 1.90 bits per heavy atom. The predicted molar refractivity (Wildman–Crippen MR) is 108 cm³/mol. The van der Waals surface area contributed by atoms with Gasteiger partial charge in [0.25, 0.3) is 11.5 Å². The fourth-order valence-corrected chi connectivity index (χ4v) is 2.67. The standard InChI is InChI=1S/C20H20N4O6/c1-28-13-7-8-16(17(11-13)29-2)21-18(25)12-30-19(26)9-10-24-20(27)14-5-3-4-6-15(14)22-23-24/h3-8,11H,9-10,12H2,1-2H3,(H,21,25). The van der Waals surface area contributed by atoms with E-state index in [0.717, 1.165) is 4.68 Å². The third-order valence-corrected chi connectivity index (χ3v) is 4.20. The van der Waals surface area contributed by atoms with Crippen LogP contribution in [0.5, 0.6) is 11.5 Å². The van der Waals surface area contributed by atoms with Crippen LogP contribution in [0, 0.1) is 0 Å². The van der Waals surface area contributed by atoms with Gasteiger partial charge in [-0.1, -0.05) is 17.3 Å². The fraction of sp³-hybridized carbons (Fsp3) is 0.250. The van der Waals surface area contributed by atoms with E-state index in [9.17, 15) is 14.4 Å². The lowest BCUT2D eigenvalue weighted by atomic mass is 10.2. The lowest BCUT2D eigenvalue weighted by Gasteiger charge is -2.12. The van der Waals surface area contributed by atoms with Crippen molar-refractivity contribution in [3.05, 3.63) is 52.8 Å². The van der Waals surface area contributed by atoms with Crippen LogP contribution in [0.1, 0.15) is 6.42 Å². The molecule has 0 unspecified atom stereocenters. The van der Waals surface area contributed by atoms with Crippen LogP contribution in [0.15, 0.2) is 47.3 Å². The number of nitrogens with zero attached hydrogens (tertiary/aromatic N) is 3. The van der Waals surface area contributed by atoms with Crippen LogP contribution in [0.2, 0.25) is 0 Å². The Morgan fingerprint density at radius 1 is 1.10 bits per heavy atom. The first kappa shape index (κ1) is 20.8. The number of hydrogen-bond acceptors (Lipinski definition) is 8. The van der Waals surface area contributed by atoms with Gasteiger partial charge in [0.15, 0.2) is 6.61 Å². The number of methoxy groups -OCH3 is 2. The normalized spacial score (nSPS) is 10.5. The Labute approximate surface area is 171 Å². The third kappa shape index (κ3) is 4.90. The molecule has 0 aliphatic rings. The molecular weight excluding hydrogens is 392 g/mol. The predicted octanol–water partition coefficient (Wildman–Crippen LogP) is 1.38. The molecule has 1 amide bonds. The van der Waals surface area contributed by atoms with Crippen molar-refractivity contribution in [2.75, 3.05) is 26.1 Å². The van der Waals surface area contributed by atoms with Gasteiger partial charge in [0.05, 0.1) is 38.3 Å². The molecule has 2 aromatic carbocycles. The van der Waals surface area contributed by atoms with Crippen molar-refractivity contribution >= 4 is 28.5 Å². The molecule has 10 heteroatoms. The summed E-state index contributed by atoms with van der Waals surface area (Å²) in [5.41, 5.74) is 0.544. The molecule has 1 N–H and O–H groups in total. The van der Waals surface area contributed by atoms with Crippen molar-refractivity contribution in [2.24, 2.45) is 0 Å². The van der Waals surface area contributed by atoms with Gasteiger partial charge in [-0.2, -0.15) is 0 Å². The van der Waals surface area contributed by atoms with Gasteiger partial charge in [-0.25, -0.2) is 4.68 Å². The molecule has 0 radical (unpaired) electrons. The summed E-state index contributed by atoms with van der Waals surface area (Å²) in [6.45, 7) is -0.490. The molecule has 0 aliphatic heterocycles. The van der Waals surface area contributed by atoms with Crippen molar-refractivity contribution in [3.63, 3.8) is 0 Å². The molecule has 0 aliphatic carbocycles. The number of fused-ring (bicyclic) bond motifs is 1. The summed E-state index contributed by atoms with van der Waals surface area (Å²) in [4.78, 5) is 36.3. The lowest BCUT2D eigenvalue weighted by molar-refractivity contribution is -0.147. The van der Waals surface area contributed by atoms with Gasteiger partial charge in [-0.05, 0) is 24.3 Å². The molecule has 1 aromatic heterocycles. The van der Waals surface area contributed by atoms with E-state index >= 15 is 0 Å². The first-order valence-electron chi connectivity index (χ1n) is 9.02. The molecule has 3 rings (SSSR count). The van der Waals surface area contributed by atoms with Crippen LogP contribution in [-0.2, 0) is 20.9 Å². The quantitative estimate of drug-likeness (QED) is 0.551. The van der Waals surface area contributed by atoms with Crippen LogP contribution in [0.25, 0.3) is 10.9 Å². The number of carbonyl (C=O) groups is 2. The number of carbonyl (C=O) groups excluding carboxylic acids is 2. The van der Waals surface area contributed by atoms with Gasteiger partial charge in [0, 0.05) is 6.07 Å². The molecule has 156 valence electrons. The number of hydrogen-bond donors (Lipinski definition) is 1. The molecule has 30 heavy (non-hydrogen) atoms. The minimum atomic E-state index is -0.645. The van der Waals surface area contributed by atoms with Crippen LogP contribution in [0.4, 0.5) is 5.69 Å². The molecule has 1 heterocycles. The maximum Gasteiger partial charge on any atom is 0.308 e. The highest BCUT2D eigenvalue weighted by Crippen LogP contribution is 2.28. The first-order chi connectivity index (χ1) is 14.5. The van der Waals surface area contributed by atoms with Crippen molar-refractivity contribution in [2.45, 2.75) is 13.0 Å². The first-order valence-corrected chi connectivity index (χ1v) is 9.02. The molecular formula is C20H20N4O6. The Morgan fingerprint density at radius 3 is 2.67 bits per heavy atom. The van der Waals surface area contributed by atoms with E-state index in [2.05, 4.69) is 15.6 Å². The van der Waals surface area contributed by atoms with Gasteiger partial charge < -0.3 is 19.5 Å². The van der Waals surface area contributed by atoms with Crippen molar-refractivity contribution in [3.8, 4) is 11.5 Å². The molecule has 0 atom stereocenters. The molecule has 10 nitrogen and oxygen atoms in total. The zero-order valence-electron chi connectivity index (χ0n) is 16.5. The number of amides is 1. The largest absolute Gasteiger partial charge is 0.497 e. The summed E-state index contributed by atoms with van der Waals surface area (Å²) in [6, 6.07) is 11.7. The summed E-state index contributed by atoms with van der Waals surface area (Å²) in [7, 11) is 2.98. The van der Waals surface area contributed by atoms with Crippen LogP contribution >= 0.6 is 0 Å². The Hall–Kier alpha value is -3.95. The number of nitrogens with one attached hydrogen (secondary N) is 1. The summed E-state index contributed by atoms with van der Waals surface area (Å²) in [5, 5.41) is 10.8. The molecule has 0 spiro atoms. The third-order valence-electron chi connectivity index (χ3n) is 4.20. The number of anilines is 1. The highest BCUT2D eigenvalue weighted by atomic mass is 16.5. The second-order valence-electron chi connectivity index (χ2n) is 6.16. The fourth-order valence-electron chi connectivity index (χ4n) is 2.67. The zero-order chi connectivity index (χ0) is 21.5. The molecule has 0 saturated carbocycles. The van der Waals surface area contributed by atoms with Gasteiger partial charge >= 0.3 is 5.97 Å². The monoisotopic (exact) mass is 412 g/mol. The maximum atomic E-state index is 12.3. The second kappa shape index (κ2) is 9.50.